The van der Waals surface area contributed by atoms with Crippen molar-refractivity contribution in [1.82, 2.24) is 5.32 Å². The predicted octanol–water partition coefficient (Wildman–Crippen LogP) is 3.83. The van der Waals surface area contributed by atoms with Crippen LogP contribution in [-0.2, 0) is 6.54 Å². The van der Waals surface area contributed by atoms with Crippen LogP contribution in [0.15, 0.2) is 47.1 Å². The van der Waals surface area contributed by atoms with Gasteiger partial charge in [0.25, 0.3) is 0 Å². The summed E-state index contributed by atoms with van der Waals surface area (Å²) in [6, 6.07) is 12.9. The molecule has 0 aliphatic heterocycles. The van der Waals surface area contributed by atoms with E-state index in [-0.39, 0.29) is 0 Å². The standard InChI is InChI=1S/C15H19NO/c1-3-12(2)16-11-13-6-4-7-14(10-13)15-8-5-9-17-15/h4-10,12,16H,3,11H2,1-2H3. The average Bonchev–Trinajstić information content (AvgIpc) is 2.90. The third-order valence-corrected chi connectivity index (χ3v) is 3.00. The van der Waals surface area contributed by atoms with E-state index in [1.165, 1.54) is 5.56 Å². The Kier molecular flexibility index (Phi) is 3.99. The maximum absolute atomic E-state index is 5.40. The van der Waals surface area contributed by atoms with Crippen molar-refractivity contribution >= 4 is 0 Å². The van der Waals surface area contributed by atoms with Crippen LogP contribution < -0.4 is 5.32 Å². The lowest BCUT2D eigenvalue weighted by Gasteiger charge is -2.11. The van der Waals surface area contributed by atoms with E-state index in [4.69, 9.17) is 4.42 Å². The minimum atomic E-state index is 0.558. The van der Waals surface area contributed by atoms with Crippen LogP contribution in [0.2, 0.25) is 0 Å². The first-order valence-electron chi connectivity index (χ1n) is 6.16. The van der Waals surface area contributed by atoms with Gasteiger partial charge in [0.15, 0.2) is 0 Å². The Hall–Kier alpha value is -1.54. The third-order valence-electron chi connectivity index (χ3n) is 3.00. The molecule has 0 bridgehead atoms. The Morgan fingerprint density at radius 1 is 1.24 bits per heavy atom. The third kappa shape index (κ3) is 3.21. The van der Waals surface area contributed by atoms with Gasteiger partial charge in [-0.05, 0) is 37.1 Å². The van der Waals surface area contributed by atoms with Crippen LogP contribution in [-0.4, -0.2) is 6.04 Å². The molecule has 2 heteroatoms. The summed E-state index contributed by atoms with van der Waals surface area (Å²) in [6.07, 6.45) is 2.86. The molecule has 1 atom stereocenters. The van der Waals surface area contributed by atoms with Gasteiger partial charge < -0.3 is 9.73 Å². The predicted molar refractivity (Wildman–Crippen MR) is 70.7 cm³/mol. The number of hydrogen-bond donors (Lipinski definition) is 1. The Bertz CT molecular complexity index is 448. The SMILES string of the molecule is CCC(C)NCc1cccc(-c2ccco2)c1. The maximum Gasteiger partial charge on any atom is 0.133 e. The highest BCUT2D eigenvalue weighted by molar-refractivity contribution is 5.58. The van der Waals surface area contributed by atoms with E-state index in [0.29, 0.717) is 6.04 Å². The molecule has 2 rings (SSSR count). The first-order chi connectivity index (χ1) is 8.29. The largest absolute Gasteiger partial charge is 0.464 e. The molecule has 0 radical (unpaired) electrons. The zero-order valence-electron chi connectivity index (χ0n) is 10.4. The quantitative estimate of drug-likeness (QED) is 0.842. The van der Waals surface area contributed by atoms with Crippen molar-refractivity contribution in [3.8, 4) is 11.3 Å². The van der Waals surface area contributed by atoms with Gasteiger partial charge in [-0.25, -0.2) is 0 Å². The van der Waals surface area contributed by atoms with Crippen LogP contribution in [0.1, 0.15) is 25.8 Å². The molecule has 0 aliphatic rings. The Morgan fingerprint density at radius 3 is 2.82 bits per heavy atom. The molecule has 1 aromatic heterocycles. The second kappa shape index (κ2) is 5.69. The lowest BCUT2D eigenvalue weighted by atomic mass is 10.1. The number of furan rings is 1. The van der Waals surface area contributed by atoms with Crippen LogP contribution in [0.5, 0.6) is 0 Å². The van der Waals surface area contributed by atoms with Gasteiger partial charge in [0.1, 0.15) is 5.76 Å². The van der Waals surface area contributed by atoms with E-state index >= 15 is 0 Å². The van der Waals surface area contributed by atoms with Gasteiger partial charge in [0.05, 0.1) is 6.26 Å². The Labute approximate surface area is 103 Å². The Morgan fingerprint density at radius 2 is 2.12 bits per heavy atom. The smallest absolute Gasteiger partial charge is 0.133 e. The molecule has 0 aliphatic carbocycles. The molecule has 90 valence electrons. The average molecular weight is 229 g/mol. The lowest BCUT2D eigenvalue weighted by molar-refractivity contribution is 0.534. The van der Waals surface area contributed by atoms with Gasteiger partial charge in [-0.15, -0.1) is 0 Å². The molecular formula is C15H19NO. The summed E-state index contributed by atoms with van der Waals surface area (Å²) in [4.78, 5) is 0. The fourth-order valence-electron chi connectivity index (χ4n) is 1.71. The molecule has 1 heterocycles. The highest BCUT2D eigenvalue weighted by Gasteiger charge is 2.02. The van der Waals surface area contributed by atoms with Gasteiger partial charge in [0, 0.05) is 18.2 Å². The normalized spacial score (nSPS) is 12.6. The summed E-state index contributed by atoms with van der Waals surface area (Å²) in [5.74, 6) is 0.926. The van der Waals surface area contributed by atoms with E-state index in [0.717, 1.165) is 24.3 Å². The number of rotatable bonds is 5. The monoisotopic (exact) mass is 229 g/mol. The zero-order valence-corrected chi connectivity index (χ0v) is 10.4. The molecule has 2 nitrogen and oxygen atoms in total. The van der Waals surface area contributed by atoms with Gasteiger partial charge in [-0.3, -0.25) is 0 Å². The van der Waals surface area contributed by atoms with E-state index in [2.05, 4.69) is 43.4 Å². The van der Waals surface area contributed by atoms with Gasteiger partial charge in [-0.2, -0.15) is 0 Å². The number of hydrogen-bond acceptors (Lipinski definition) is 2. The molecular weight excluding hydrogens is 210 g/mol. The van der Waals surface area contributed by atoms with Crippen LogP contribution in [0.25, 0.3) is 11.3 Å². The van der Waals surface area contributed by atoms with Crippen LogP contribution >= 0.6 is 0 Å². The molecule has 0 fully saturated rings. The summed E-state index contributed by atoms with van der Waals surface area (Å²) < 4.78 is 5.40. The Balaban J connectivity index is 2.07. The number of nitrogens with one attached hydrogen (secondary N) is 1. The molecule has 0 saturated heterocycles. The number of benzene rings is 1. The van der Waals surface area contributed by atoms with Crippen LogP contribution in [0, 0.1) is 0 Å². The van der Waals surface area contributed by atoms with Crippen molar-refractivity contribution in [3.05, 3.63) is 48.2 Å². The second-order valence-electron chi connectivity index (χ2n) is 4.37. The van der Waals surface area contributed by atoms with Gasteiger partial charge >= 0.3 is 0 Å². The highest BCUT2D eigenvalue weighted by atomic mass is 16.3. The first kappa shape index (κ1) is 11.9. The molecule has 0 spiro atoms. The van der Waals surface area contributed by atoms with Crippen LogP contribution in [0.3, 0.4) is 0 Å². The summed E-state index contributed by atoms with van der Waals surface area (Å²) >= 11 is 0. The highest BCUT2D eigenvalue weighted by Crippen LogP contribution is 2.20. The van der Waals surface area contributed by atoms with E-state index in [1.54, 1.807) is 6.26 Å². The van der Waals surface area contributed by atoms with Crippen molar-refractivity contribution in [1.29, 1.82) is 0 Å². The summed E-state index contributed by atoms with van der Waals surface area (Å²) in [5, 5.41) is 3.49. The van der Waals surface area contributed by atoms with Crippen molar-refractivity contribution in [2.75, 3.05) is 0 Å². The molecule has 0 saturated carbocycles. The van der Waals surface area contributed by atoms with E-state index in [9.17, 15) is 0 Å². The van der Waals surface area contributed by atoms with Crippen molar-refractivity contribution in [2.24, 2.45) is 0 Å². The van der Waals surface area contributed by atoms with E-state index < -0.39 is 0 Å². The molecule has 2 aromatic rings. The van der Waals surface area contributed by atoms with Crippen LogP contribution in [0.4, 0.5) is 0 Å². The second-order valence-corrected chi connectivity index (χ2v) is 4.37. The summed E-state index contributed by atoms with van der Waals surface area (Å²) in [7, 11) is 0. The molecule has 17 heavy (non-hydrogen) atoms. The fraction of sp³-hybridized carbons (Fsp3) is 0.333. The topological polar surface area (TPSA) is 25.2 Å². The van der Waals surface area contributed by atoms with Crippen molar-refractivity contribution in [3.63, 3.8) is 0 Å². The van der Waals surface area contributed by atoms with Gasteiger partial charge in [0.2, 0.25) is 0 Å². The minimum Gasteiger partial charge on any atom is -0.464 e. The first-order valence-corrected chi connectivity index (χ1v) is 6.16. The zero-order chi connectivity index (χ0) is 12.1. The molecule has 1 N–H and O–H groups in total. The molecule has 0 amide bonds. The lowest BCUT2D eigenvalue weighted by Crippen LogP contribution is -2.24. The summed E-state index contributed by atoms with van der Waals surface area (Å²) in [5.41, 5.74) is 2.43. The molecule has 1 unspecified atom stereocenters. The summed E-state index contributed by atoms with van der Waals surface area (Å²) in [6.45, 7) is 5.30. The fourth-order valence-corrected chi connectivity index (χ4v) is 1.71. The van der Waals surface area contributed by atoms with Crippen molar-refractivity contribution < 1.29 is 4.42 Å². The van der Waals surface area contributed by atoms with E-state index in [1.807, 2.05) is 12.1 Å². The maximum atomic E-state index is 5.40. The van der Waals surface area contributed by atoms with Crippen molar-refractivity contribution in [2.45, 2.75) is 32.9 Å². The minimum absolute atomic E-state index is 0.558. The van der Waals surface area contributed by atoms with Gasteiger partial charge in [-0.1, -0.05) is 25.1 Å². The molecule has 1 aromatic carbocycles.